The number of ether oxygens (including phenoxy) is 1. The Balaban J connectivity index is 1.34. The summed E-state index contributed by atoms with van der Waals surface area (Å²) in [4.78, 5) is 14.5. The number of hydrogen-bond donors (Lipinski definition) is 2. The van der Waals surface area contributed by atoms with E-state index in [2.05, 4.69) is 25.6 Å². The zero-order chi connectivity index (χ0) is 32.0. The lowest BCUT2D eigenvalue weighted by molar-refractivity contribution is 0.248. The van der Waals surface area contributed by atoms with E-state index < -0.39 is 21.5 Å². The van der Waals surface area contributed by atoms with E-state index >= 15 is 4.21 Å². The van der Waals surface area contributed by atoms with Crippen LogP contribution in [0.1, 0.15) is 58.7 Å². The highest BCUT2D eigenvalue weighted by atomic mass is 32.2. The standard InChI is InChI=1S/C38H37N5O3S/c1-26-25-43-36(46-26)34(24-39-43)47(45,41-37(44)40-35-32-21-11-13-27(32)23-28-14-12-22-33(28)35)42-38(29-15-5-2-6-16-29,30-17-7-3-8-18-30)31-19-9-4-10-20-31/h2-10,15-20,23-24,26H,11-14,21-22,25H2,1H3,(H2,40,41,42,44,45)/t26-,47+/m1/s1. The van der Waals surface area contributed by atoms with Gasteiger partial charge in [0.25, 0.3) is 0 Å². The first-order chi connectivity index (χ1) is 22.9. The van der Waals surface area contributed by atoms with Gasteiger partial charge < -0.3 is 10.1 Å². The quantitative estimate of drug-likeness (QED) is 0.183. The van der Waals surface area contributed by atoms with Crippen LogP contribution in [-0.2, 0) is 47.7 Å². The van der Waals surface area contributed by atoms with Crippen LogP contribution in [0.2, 0.25) is 0 Å². The maximum absolute atomic E-state index is 15.8. The van der Waals surface area contributed by atoms with Crippen molar-refractivity contribution in [1.82, 2.24) is 14.5 Å². The number of carbonyl (C=O) groups is 1. The summed E-state index contributed by atoms with van der Waals surface area (Å²) in [7, 11) is -3.77. The lowest BCUT2D eigenvalue weighted by Crippen LogP contribution is -2.48. The number of rotatable bonds is 7. The Bertz CT molecular complexity index is 1960. The molecule has 0 radical (unpaired) electrons. The molecular formula is C38H37N5O3S. The number of aromatic nitrogens is 2. The van der Waals surface area contributed by atoms with Crippen molar-refractivity contribution < 1.29 is 13.7 Å². The lowest BCUT2D eigenvalue weighted by Gasteiger charge is -2.37. The minimum Gasteiger partial charge on any atom is -0.472 e. The molecule has 9 heteroatoms. The van der Waals surface area contributed by atoms with Crippen LogP contribution in [0, 0.1) is 0 Å². The fraction of sp³-hybridized carbons (Fsp3) is 0.263. The average molecular weight is 644 g/mol. The lowest BCUT2D eigenvalue weighted by atomic mass is 9.78. The third-order valence-corrected chi connectivity index (χ3v) is 11.5. The Morgan fingerprint density at radius 1 is 0.851 bits per heavy atom. The van der Waals surface area contributed by atoms with Crippen LogP contribution < -0.4 is 14.8 Å². The first-order valence-electron chi connectivity index (χ1n) is 16.4. The second-order valence-electron chi connectivity index (χ2n) is 12.7. The number of aryl methyl sites for hydroxylation is 2. The Morgan fingerprint density at radius 3 is 1.91 bits per heavy atom. The molecule has 3 aliphatic rings. The minimum absolute atomic E-state index is 0.161. The third-order valence-electron chi connectivity index (χ3n) is 9.63. The molecule has 0 saturated heterocycles. The Labute approximate surface area is 275 Å². The van der Waals surface area contributed by atoms with Crippen molar-refractivity contribution in [1.29, 1.82) is 0 Å². The summed E-state index contributed by atoms with van der Waals surface area (Å²) in [6.07, 6.45) is 7.31. The summed E-state index contributed by atoms with van der Waals surface area (Å²) in [5, 5.41) is 7.68. The zero-order valence-electron chi connectivity index (χ0n) is 26.3. The normalized spacial score (nSPS) is 17.7. The van der Waals surface area contributed by atoms with Crippen molar-refractivity contribution >= 4 is 21.6 Å². The fourth-order valence-corrected chi connectivity index (χ4v) is 9.44. The number of benzene rings is 4. The molecule has 2 heterocycles. The number of carbonyl (C=O) groups excluding carboxylic acids is 1. The number of fused-ring (bicyclic) bond motifs is 3. The average Bonchev–Trinajstić information content (AvgIpc) is 3.90. The summed E-state index contributed by atoms with van der Waals surface area (Å²) in [6.45, 7) is 2.46. The van der Waals surface area contributed by atoms with Gasteiger partial charge in [-0.25, -0.2) is 18.4 Å². The second kappa shape index (κ2) is 11.8. The summed E-state index contributed by atoms with van der Waals surface area (Å²) >= 11 is 0. The largest absolute Gasteiger partial charge is 0.472 e. The minimum atomic E-state index is -3.77. The molecular weight excluding hydrogens is 607 g/mol. The van der Waals surface area contributed by atoms with Gasteiger partial charge in [0.2, 0.25) is 5.88 Å². The van der Waals surface area contributed by atoms with Crippen molar-refractivity contribution in [2.45, 2.75) is 68.5 Å². The molecule has 1 aliphatic heterocycles. The van der Waals surface area contributed by atoms with Gasteiger partial charge in [-0.1, -0.05) is 97.1 Å². The summed E-state index contributed by atoms with van der Waals surface area (Å²) in [6, 6.07) is 31.3. The van der Waals surface area contributed by atoms with Gasteiger partial charge in [0.15, 0.2) is 9.92 Å². The predicted octanol–water partition coefficient (Wildman–Crippen LogP) is 7.20. The number of anilines is 1. The fourth-order valence-electron chi connectivity index (χ4n) is 7.56. The number of hydrogen-bond acceptors (Lipinski definition) is 4. The van der Waals surface area contributed by atoms with Crippen molar-refractivity contribution in [2.75, 3.05) is 5.32 Å². The van der Waals surface area contributed by atoms with Crippen molar-refractivity contribution in [2.24, 2.45) is 4.36 Å². The molecule has 0 bridgehead atoms. The van der Waals surface area contributed by atoms with Gasteiger partial charge in [0.05, 0.1) is 12.7 Å². The molecule has 47 heavy (non-hydrogen) atoms. The molecule has 238 valence electrons. The topological polar surface area (TPSA) is 97.6 Å². The van der Waals surface area contributed by atoms with E-state index in [-0.39, 0.29) is 11.0 Å². The van der Waals surface area contributed by atoms with Gasteiger partial charge in [0.1, 0.15) is 16.5 Å². The molecule has 2 N–H and O–H groups in total. The van der Waals surface area contributed by atoms with E-state index in [4.69, 9.17) is 4.74 Å². The van der Waals surface area contributed by atoms with Crippen LogP contribution in [-0.4, -0.2) is 26.1 Å². The van der Waals surface area contributed by atoms with Crippen LogP contribution in [0.5, 0.6) is 5.88 Å². The molecule has 8 nitrogen and oxygen atoms in total. The summed E-state index contributed by atoms with van der Waals surface area (Å²) < 4.78 is 31.8. The van der Waals surface area contributed by atoms with Crippen molar-refractivity contribution in [3.63, 3.8) is 0 Å². The second-order valence-corrected chi connectivity index (χ2v) is 14.5. The first kappa shape index (κ1) is 29.7. The Hall–Kier alpha value is -4.73. The number of urea groups is 1. The maximum atomic E-state index is 15.8. The van der Waals surface area contributed by atoms with E-state index in [1.807, 2.05) is 97.9 Å². The molecule has 2 aliphatic carbocycles. The van der Waals surface area contributed by atoms with Crippen LogP contribution in [0.3, 0.4) is 0 Å². The van der Waals surface area contributed by atoms with Gasteiger partial charge in [-0.05, 0) is 84.4 Å². The van der Waals surface area contributed by atoms with E-state index in [0.29, 0.717) is 12.4 Å². The Morgan fingerprint density at radius 2 is 1.38 bits per heavy atom. The molecule has 0 unspecified atom stereocenters. The molecule has 2 amide bonds. The molecule has 0 fully saturated rings. The Kier molecular flexibility index (Phi) is 7.45. The van der Waals surface area contributed by atoms with Crippen LogP contribution in [0.4, 0.5) is 10.5 Å². The highest BCUT2D eigenvalue weighted by Gasteiger charge is 2.42. The third kappa shape index (κ3) is 5.14. The molecule has 5 aromatic rings. The monoisotopic (exact) mass is 643 g/mol. The van der Waals surface area contributed by atoms with Crippen LogP contribution in [0.15, 0.2) is 113 Å². The molecule has 1 aromatic heterocycles. The number of nitrogens with zero attached hydrogens (tertiary/aromatic N) is 3. The van der Waals surface area contributed by atoms with Crippen molar-refractivity contribution in [3.05, 3.63) is 142 Å². The van der Waals surface area contributed by atoms with Crippen molar-refractivity contribution in [3.8, 4) is 5.88 Å². The smallest absolute Gasteiger partial charge is 0.354 e. The van der Waals surface area contributed by atoms with E-state index in [1.54, 1.807) is 4.68 Å². The van der Waals surface area contributed by atoms with E-state index in [1.165, 1.54) is 28.5 Å². The van der Waals surface area contributed by atoms with Gasteiger partial charge >= 0.3 is 6.03 Å². The van der Waals surface area contributed by atoms with Gasteiger partial charge in [0, 0.05) is 5.69 Å². The van der Waals surface area contributed by atoms with E-state index in [9.17, 15) is 4.79 Å². The highest BCUT2D eigenvalue weighted by molar-refractivity contribution is 7.92. The maximum Gasteiger partial charge on any atom is 0.354 e. The van der Waals surface area contributed by atoms with Crippen LogP contribution >= 0.6 is 0 Å². The summed E-state index contributed by atoms with van der Waals surface area (Å²) in [5.74, 6) is 0.358. The molecule has 0 spiro atoms. The molecule has 8 rings (SSSR count). The predicted molar refractivity (Wildman–Crippen MR) is 183 cm³/mol. The highest BCUT2D eigenvalue weighted by Crippen LogP contribution is 2.42. The first-order valence-corrected chi connectivity index (χ1v) is 17.9. The molecule has 4 aromatic carbocycles. The molecule has 0 saturated carbocycles. The van der Waals surface area contributed by atoms with Gasteiger partial charge in [-0.15, -0.1) is 4.36 Å². The summed E-state index contributed by atoms with van der Waals surface area (Å²) in [5.41, 5.74) is 7.19. The zero-order valence-corrected chi connectivity index (χ0v) is 27.1. The number of nitrogens with one attached hydrogen (secondary N) is 2. The van der Waals surface area contributed by atoms with Crippen LogP contribution in [0.25, 0.3) is 0 Å². The van der Waals surface area contributed by atoms with E-state index in [0.717, 1.165) is 60.9 Å². The van der Waals surface area contributed by atoms with Gasteiger partial charge in [-0.3, -0.25) is 0 Å². The number of amides is 2. The molecule has 2 atom stereocenters. The SMILES string of the molecule is C[C@@H]1Cn2ncc([S@](=O)(=NC(=O)Nc3c4c(cc5c3CCC5)CCC4)NC(c3ccccc3)(c3ccccc3)c3ccccc3)c2O1. The van der Waals surface area contributed by atoms with Gasteiger partial charge in [-0.2, -0.15) is 5.10 Å².